The van der Waals surface area contributed by atoms with Crippen LogP contribution < -0.4 is 5.32 Å². The highest BCUT2D eigenvalue weighted by atomic mass is 15.2. The quantitative estimate of drug-likeness (QED) is 0.893. The minimum Gasteiger partial charge on any atom is -0.316 e. The minimum atomic E-state index is 0.380. The Hall–Kier alpha value is -0.860. The van der Waals surface area contributed by atoms with E-state index in [2.05, 4.69) is 54.4 Å². The van der Waals surface area contributed by atoms with Gasteiger partial charge in [0.1, 0.15) is 0 Å². The Bertz CT molecular complexity index is 413. The fourth-order valence-corrected chi connectivity index (χ4v) is 4.00. The normalized spacial score (nSPS) is 29.6. The second-order valence-electron chi connectivity index (χ2n) is 6.71. The summed E-state index contributed by atoms with van der Waals surface area (Å²) in [4.78, 5) is 2.73. The molecule has 2 heteroatoms. The molecule has 3 rings (SSSR count). The first-order valence-electron chi connectivity index (χ1n) is 7.67. The van der Waals surface area contributed by atoms with Gasteiger partial charge in [0.05, 0.1) is 0 Å². The molecule has 2 unspecified atom stereocenters. The molecule has 104 valence electrons. The van der Waals surface area contributed by atoms with Crippen molar-refractivity contribution in [2.45, 2.75) is 32.2 Å². The molecule has 2 atom stereocenters. The summed E-state index contributed by atoms with van der Waals surface area (Å²) in [5.74, 6) is 1.73. The first-order valence-corrected chi connectivity index (χ1v) is 7.67. The van der Waals surface area contributed by atoms with E-state index >= 15 is 0 Å². The average molecular weight is 258 g/mol. The number of hydrogen-bond acceptors (Lipinski definition) is 2. The van der Waals surface area contributed by atoms with E-state index in [1.807, 2.05) is 0 Å². The summed E-state index contributed by atoms with van der Waals surface area (Å²) in [6.45, 7) is 9.85. The summed E-state index contributed by atoms with van der Waals surface area (Å²) in [5.41, 5.74) is 1.85. The van der Waals surface area contributed by atoms with Gasteiger partial charge in [0.2, 0.25) is 0 Å². The van der Waals surface area contributed by atoms with Gasteiger partial charge in [0, 0.05) is 18.6 Å². The van der Waals surface area contributed by atoms with Crippen molar-refractivity contribution in [2.75, 3.05) is 26.2 Å². The third kappa shape index (κ3) is 2.56. The molecule has 0 bridgehead atoms. The number of fused-ring (bicyclic) bond motifs is 1. The van der Waals surface area contributed by atoms with Gasteiger partial charge in [-0.1, -0.05) is 30.3 Å². The standard InChI is InChI=1S/C17H26N2/c1-17(2)16-12-18-11-15(16)13-19(17)10-6-9-14-7-4-3-5-8-14/h3-5,7-8,15-16,18H,6,9-13H2,1-2H3. The zero-order chi connectivity index (χ0) is 13.3. The summed E-state index contributed by atoms with van der Waals surface area (Å²) in [7, 11) is 0. The van der Waals surface area contributed by atoms with E-state index in [9.17, 15) is 0 Å². The molecule has 2 aliphatic rings. The highest BCUT2D eigenvalue weighted by Crippen LogP contribution is 2.40. The van der Waals surface area contributed by atoms with Gasteiger partial charge in [0.25, 0.3) is 0 Å². The second kappa shape index (κ2) is 5.26. The van der Waals surface area contributed by atoms with E-state index in [-0.39, 0.29) is 0 Å². The number of nitrogens with zero attached hydrogens (tertiary/aromatic N) is 1. The summed E-state index contributed by atoms with van der Waals surface area (Å²) >= 11 is 0. The van der Waals surface area contributed by atoms with Crippen LogP contribution in [0.15, 0.2) is 30.3 Å². The van der Waals surface area contributed by atoms with Crippen molar-refractivity contribution in [3.63, 3.8) is 0 Å². The van der Waals surface area contributed by atoms with E-state index < -0.39 is 0 Å². The van der Waals surface area contributed by atoms with Gasteiger partial charge in [-0.3, -0.25) is 4.90 Å². The monoisotopic (exact) mass is 258 g/mol. The summed E-state index contributed by atoms with van der Waals surface area (Å²) in [6.07, 6.45) is 2.49. The first kappa shape index (κ1) is 13.1. The lowest BCUT2D eigenvalue weighted by Gasteiger charge is -2.35. The van der Waals surface area contributed by atoms with E-state index in [4.69, 9.17) is 0 Å². The zero-order valence-corrected chi connectivity index (χ0v) is 12.2. The molecule has 0 amide bonds. The number of benzene rings is 1. The molecule has 0 spiro atoms. The molecule has 2 nitrogen and oxygen atoms in total. The molecule has 0 radical (unpaired) electrons. The number of aryl methyl sites for hydroxylation is 1. The highest BCUT2D eigenvalue weighted by molar-refractivity contribution is 5.14. The Balaban J connectivity index is 1.53. The van der Waals surface area contributed by atoms with Crippen molar-refractivity contribution in [3.8, 4) is 0 Å². The Morgan fingerprint density at radius 2 is 2.00 bits per heavy atom. The van der Waals surface area contributed by atoms with Gasteiger partial charge in [-0.25, -0.2) is 0 Å². The molecule has 2 saturated heterocycles. The van der Waals surface area contributed by atoms with Crippen LogP contribution in [-0.2, 0) is 6.42 Å². The Morgan fingerprint density at radius 3 is 2.74 bits per heavy atom. The highest BCUT2D eigenvalue weighted by Gasteiger charge is 2.48. The second-order valence-corrected chi connectivity index (χ2v) is 6.71. The van der Waals surface area contributed by atoms with Gasteiger partial charge in [-0.15, -0.1) is 0 Å². The van der Waals surface area contributed by atoms with Crippen LogP contribution in [0.5, 0.6) is 0 Å². The fraction of sp³-hybridized carbons (Fsp3) is 0.647. The van der Waals surface area contributed by atoms with Crippen LogP contribution >= 0.6 is 0 Å². The van der Waals surface area contributed by atoms with Gasteiger partial charge in [-0.2, -0.15) is 0 Å². The predicted molar refractivity (Wildman–Crippen MR) is 80.3 cm³/mol. The molecule has 2 aliphatic heterocycles. The van der Waals surface area contributed by atoms with Crippen LogP contribution in [0.4, 0.5) is 0 Å². The molecule has 1 N–H and O–H groups in total. The van der Waals surface area contributed by atoms with E-state index in [0.29, 0.717) is 5.54 Å². The molecule has 0 saturated carbocycles. The van der Waals surface area contributed by atoms with Crippen molar-refractivity contribution in [1.29, 1.82) is 0 Å². The van der Waals surface area contributed by atoms with Crippen molar-refractivity contribution in [1.82, 2.24) is 10.2 Å². The van der Waals surface area contributed by atoms with Crippen LogP contribution in [0.1, 0.15) is 25.8 Å². The number of hydrogen-bond donors (Lipinski definition) is 1. The van der Waals surface area contributed by atoms with Crippen LogP contribution in [-0.4, -0.2) is 36.6 Å². The molecule has 0 aromatic heterocycles. The molecule has 0 aliphatic carbocycles. The topological polar surface area (TPSA) is 15.3 Å². The lowest BCUT2D eigenvalue weighted by Crippen LogP contribution is -2.44. The molecule has 2 heterocycles. The van der Waals surface area contributed by atoms with Gasteiger partial charge >= 0.3 is 0 Å². The molecular weight excluding hydrogens is 232 g/mol. The number of likely N-dealkylation sites (tertiary alicyclic amines) is 1. The van der Waals surface area contributed by atoms with Crippen molar-refractivity contribution in [3.05, 3.63) is 35.9 Å². The van der Waals surface area contributed by atoms with E-state index in [1.165, 1.54) is 44.6 Å². The van der Waals surface area contributed by atoms with Gasteiger partial charge in [-0.05, 0) is 57.2 Å². The molecular formula is C17H26N2. The molecule has 1 aromatic rings. The molecule has 19 heavy (non-hydrogen) atoms. The van der Waals surface area contributed by atoms with Crippen molar-refractivity contribution in [2.24, 2.45) is 11.8 Å². The van der Waals surface area contributed by atoms with E-state index in [0.717, 1.165) is 11.8 Å². The largest absolute Gasteiger partial charge is 0.316 e. The van der Waals surface area contributed by atoms with Crippen LogP contribution in [0.3, 0.4) is 0 Å². The Labute approximate surface area is 117 Å². The maximum absolute atomic E-state index is 3.56. The smallest absolute Gasteiger partial charge is 0.0197 e. The van der Waals surface area contributed by atoms with E-state index in [1.54, 1.807) is 0 Å². The summed E-state index contributed by atoms with van der Waals surface area (Å²) < 4.78 is 0. The third-order valence-electron chi connectivity index (χ3n) is 5.25. The maximum atomic E-state index is 3.56. The Kier molecular flexibility index (Phi) is 3.64. The van der Waals surface area contributed by atoms with Crippen molar-refractivity contribution >= 4 is 0 Å². The summed E-state index contributed by atoms with van der Waals surface area (Å²) in [5, 5.41) is 3.56. The molecule has 1 aromatic carbocycles. The zero-order valence-electron chi connectivity index (χ0n) is 12.2. The number of nitrogens with one attached hydrogen (secondary N) is 1. The van der Waals surface area contributed by atoms with Crippen LogP contribution in [0.2, 0.25) is 0 Å². The predicted octanol–water partition coefficient (Wildman–Crippen LogP) is 2.55. The fourth-order valence-electron chi connectivity index (χ4n) is 4.00. The lowest BCUT2D eigenvalue weighted by molar-refractivity contribution is 0.138. The maximum Gasteiger partial charge on any atom is 0.0197 e. The average Bonchev–Trinajstić information content (AvgIpc) is 2.95. The minimum absolute atomic E-state index is 0.380. The first-order chi connectivity index (χ1) is 9.18. The summed E-state index contributed by atoms with van der Waals surface area (Å²) in [6, 6.07) is 10.9. The SMILES string of the molecule is CC1(C)C2CNCC2CN1CCCc1ccccc1. The van der Waals surface area contributed by atoms with Crippen LogP contribution in [0, 0.1) is 11.8 Å². The third-order valence-corrected chi connectivity index (χ3v) is 5.25. The van der Waals surface area contributed by atoms with Gasteiger partial charge < -0.3 is 5.32 Å². The lowest BCUT2D eigenvalue weighted by atomic mass is 9.85. The van der Waals surface area contributed by atoms with Crippen molar-refractivity contribution < 1.29 is 0 Å². The van der Waals surface area contributed by atoms with Gasteiger partial charge in [0.15, 0.2) is 0 Å². The molecule has 2 fully saturated rings. The Morgan fingerprint density at radius 1 is 1.21 bits per heavy atom. The van der Waals surface area contributed by atoms with Crippen LogP contribution in [0.25, 0.3) is 0 Å². The number of rotatable bonds is 4.